The monoisotopic (exact) mass is 532 g/mol. The van der Waals surface area contributed by atoms with Crippen molar-refractivity contribution in [1.82, 2.24) is 4.72 Å². The number of amides is 1. The Morgan fingerprint density at radius 2 is 1.68 bits per heavy atom. The summed E-state index contributed by atoms with van der Waals surface area (Å²) in [5.74, 6) is -2.47. The number of carbonyl (C=O) groups excluding carboxylic acids is 1. The van der Waals surface area contributed by atoms with Gasteiger partial charge in [-0.1, -0.05) is 55.8 Å². The van der Waals surface area contributed by atoms with Crippen LogP contribution in [-0.2, 0) is 19.6 Å². The largest absolute Gasteiger partial charge is 0.507 e. The zero-order valence-corrected chi connectivity index (χ0v) is 20.8. The Labute approximate surface area is 208 Å². The van der Waals surface area contributed by atoms with Gasteiger partial charge < -0.3 is 20.3 Å². The van der Waals surface area contributed by atoms with E-state index in [1.807, 2.05) is 0 Å². The van der Waals surface area contributed by atoms with E-state index in [-0.39, 0.29) is 38.7 Å². The molecule has 0 bridgehead atoms. The van der Waals surface area contributed by atoms with Crippen molar-refractivity contribution in [3.05, 3.63) is 40.4 Å². The first kappa shape index (κ1) is 27.7. The maximum Gasteiger partial charge on any atom is 0.312 e. The smallest absolute Gasteiger partial charge is 0.312 e. The predicted molar refractivity (Wildman–Crippen MR) is 129 cm³/mol. The third-order valence-electron chi connectivity index (χ3n) is 4.61. The van der Waals surface area contributed by atoms with Crippen molar-refractivity contribution in [2.24, 2.45) is 0 Å². The van der Waals surface area contributed by atoms with Crippen LogP contribution in [-0.4, -0.2) is 37.1 Å². The molecule has 9 nitrogen and oxygen atoms in total. The number of benzene rings is 2. The van der Waals surface area contributed by atoms with Crippen molar-refractivity contribution in [2.75, 3.05) is 11.9 Å². The van der Waals surface area contributed by atoms with Crippen LogP contribution >= 0.6 is 23.2 Å². The fourth-order valence-electron chi connectivity index (χ4n) is 2.98. The number of hydrogen-bond donors (Lipinski definition) is 4. The van der Waals surface area contributed by atoms with Crippen LogP contribution < -0.4 is 14.8 Å². The highest BCUT2D eigenvalue weighted by Gasteiger charge is 2.20. The van der Waals surface area contributed by atoms with Gasteiger partial charge in [0, 0.05) is 18.3 Å². The number of phenols is 1. The number of rotatable bonds is 13. The molecule has 0 saturated carbocycles. The summed E-state index contributed by atoms with van der Waals surface area (Å²) in [5.41, 5.74) is 0.158. The maximum absolute atomic E-state index is 12.6. The molecule has 34 heavy (non-hydrogen) atoms. The van der Waals surface area contributed by atoms with Crippen molar-refractivity contribution in [2.45, 2.75) is 50.3 Å². The summed E-state index contributed by atoms with van der Waals surface area (Å²) in [4.78, 5) is 21.9. The second-order valence-electron chi connectivity index (χ2n) is 7.43. The molecule has 0 spiro atoms. The minimum Gasteiger partial charge on any atom is -0.507 e. The SMILES string of the molecule is CCCCCCCNS(=O)(=O)c1cc(Oc2c(Cl)cc(NC(=O)CC(=O)O)cc2Cl)ccc1O. The van der Waals surface area contributed by atoms with Crippen LogP contribution in [0.2, 0.25) is 10.0 Å². The highest BCUT2D eigenvalue weighted by atomic mass is 35.5. The van der Waals surface area contributed by atoms with Gasteiger partial charge in [0.25, 0.3) is 0 Å². The van der Waals surface area contributed by atoms with Crippen molar-refractivity contribution >= 4 is 50.8 Å². The van der Waals surface area contributed by atoms with E-state index in [0.717, 1.165) is 31.7 Å². The Hall–Kier alpha value is -2.53. The van der Waals surface area contributed by atoms with E-state index in [9.17, 15) is 23.1 Å². The van der Waals surface area contributed by atoms with Gasteiger partial charge in [0.05, 0.1) is 10.0 Å². The Balaban J connectivity index is 2.15. The van der Waals surface area contributed by atoms with Crippen molar-refractivity contribution in [3.63, 3.8) is 0 Å². The molecule has 0 unspecified atom stereocenters. The molecule has 0 aliphatic rings. The van der Waals surface area contributed by atoms with E-state index < -0.39 is 34.1 Å². The average molecular weight is 533 g/mol. The number of unbranched alkanes of at least 4 members (excludes halogenated alkanes) is 4. The number of anilines is 1. The quantitative estimate of drug-likeness (QED) is 0.206. The topological polar surface area (TPSA) is 142 Å². The van der Waals surface area contributed by atoms with Crippen LogP contribution in [0.5, 0.6) is 17.2 Å². The Kier molecular flexibility index (Phi) is 10.4. The number of aromatic hydroxyl groups is 1. The number of sulfonamides is 1. The molecule has 0 aromatic heterocycles. The number of carboxylic acids is 1. The molecule has 0 aliphatic heterocycles. The molecule has 2 aromatic carbocycles. The molecule has 186 valence electrons. The van der Waals surface area contributed by atoms with Gasteiger partial charge in [0.15, 0.2) is 5.75 Å². The molecule has 0 heterocycles. The van der Waals surface area contributed by atoms with E-state index in [1.54, 1.807) is 0 Å². The van der Waals surface area contributed by atoms with E-state index >= 15 is 0 Å². The maximum atomic E-state index is 12.6. The van der Waals surface area contributed by atoms with Gasteiger partial charge >= 0.3 is 5.97 Å². The number of phenolic OH excluding ortho intramolecular Hbond substituents is 1. The third kappa shape index (κ3) is 8.35. The molecule has 2 rings (SSSR count). The van der Waals surface area contributed by atoms with Crippen LogP contribution in [0.1, 0.15) is 45.4 Å². The first-order chi connectivity index (χ1) is 16.0. The predicted octanol–water partition coefficient (Wildman–Crippen LogP) is 5.15. The van der Waals surface area contributed by atoms with Gasteiger partial charge in [-0.05, 0) is 30.7 Å². The lowest BCUT2D eigenvalue weighted by molar-refractivity contribution is -0.139. The Morgan fingerprint density at radius 3 is 2.29 bits per heavy atom. The molecular weight excluding hydrogens is 507 g/mol. The van der Waals surface area contributed by atoms with Crippen molar-refractivity contribution in [1.29, 1.82) is 0 Å². The van der Waals surface area contributed by atoms with Gasteiger partial charge in [-0.3, -0.25) is 9.59 Å². The van der Waals surface area contributed by atoms with E-state index in [2.05, 4.69) is 17.0 Å². The zero-order valence-electron chi connectivity index (χ0n) is 18.4. The Morgan fingerprint density at radius 1 is 1.03 bits per heavy atom. The molecule has 0 radical (unpaired) electrons. The summed E-state index contributed by atoms with van der Waals surface area (Å²) < 4.78 is 33.4. The average Bonchev–Trinajstić information content (AvgIpc) is 2.73. The summed E-state index contributed by atoms with van der Waals surface area (Å²) in [5, 5.41) is 21.1. The lowest BCUT2D eigenvalue weighted by atomic mass is 10.2. The van der Waals surface area contributed by atoms with Gasteiger partial charge in [0.1, 0.15) is 22.8 Å². The first-order valence-corrected chi connectivity index (χ1v) is 12.8. The molecular formula is C22H26Cl2N2O7S. The van der Waals surface area contributed by atoms with Crippen LogP contribution in [0.25, 0.3) is 0 Å². The summed E-state index contributed by atoms with van der Waals surface area (Å²) in [6.45, 7) is 2.33. The van der Waals surface area contributed by atoms with Gasteiger partial charge in [0.2, 0.25) is 15.9 Å². The van der Waals surface area contributed by atoms with E-state index in [0.29, 0.717) is 6.42 Å². The standard InChI is InChI=1S/C22H26Cl2N2O7S/c1-2-3-4-5-6-9-25-34(31,32)19-12-15(7-8-18(19)27)33-22-16(23)10-14(11-17(22)24)26-20(28)13-21(29)30/h7-8,10-12,25,27H,2-6,9,13H2,1H3,(H,26,28)(H,29,30). The first-order valence-electron chi connectivity index (χ1n) is 10.5. The summed E-state index contributed by atoms with van der Waals surface area (Å²) in [7, 11) is -3.99. The minimum atomic E-state index is -3.99. The number of carbonyl (C=O) groups is 2. The normalized spacial score (nSPS) is 11.3. The van der Waals surface area contributed by atoms with Crippen LogP contribution in [0, 0.1) is 0 Å². The lowest BCUT2D eigenvalue weighted by Crippen LogP contribution is -2.24. The molecule has 12 heteroatoms. The van der Waals surface area contributed by atoms with E-state index in [4.69, 9.17) is 33.0 Å². The Bertz CT molecular complexity index is 1120. The van der Waals surface area contributed by atoms with E-state index in [1.165, 1.54) is 24.3 Å². The third-order valence-corrected chi connectivity index (χ3v) is 6.66. The molecule has 2 aromatic rings. The number of nitrogens with one attached hydrogen (secondary N) is 2. The number of ether oxygens (including phenoxy) is 1. The number of aliphatic carboxylic acids is 1. The van der Waals surface area contributed by atoms with Crippen LogP contribution in [0.15, 0.2) is 35.2 Å². The van der Waals surface area contributed by atoms with Crippen molar-refractivity contribution < 1.29 is 33.0 Å². The molecule has 4 N–H and O–H groups in total. The molecule has 1 amide bonds. The minimum absolute atomic E-state index is 0.0131. The van der Waals surface area contributed by atoms with Crippen LogP contribution in [0.3, 0.4) is 0 Å². The van der Waals surface area contributed by atoms with Crippen molar-refractivity contribution in [3.8, 4) is 17.2 Å². The fourth-order valence-corrected chi connectivity index (χ4v) is 4.72. The van der Waals surface area contributed by atoms with Crippen LogP contribution in [0.4, 0.5) is 5.69 Å². The fraction of sp³-hybridized carbons (Fsp3) is 0.364. The molecule has 0 aliphatic carbocycles. The summed E-state index contributed by atoms with van der Waals surface area (Å²) in [6.07, 6.45) is 4.05. The zero-order chi connectivity index (χ0) is 25.3. The number of hydrogen-bond acceptors (Lipinski definition) is 6. The van der Waals surface area contributed by atoms with Gasteiger partial charge in [-0.25, -0.2) is 13.1 Å². The highest BCUT2D eigenvalue weighted by molar-refractivity contribution is 7.89. The highest BCUT2D eigenvalue weighted by Crippen LogP contribution is 2.40. The molecule has 0 atom stereocenters. The molecule has 0 saturated heterocycles. The second kappa shape index (κ2) is 12.8. The summed E-state index contributed by atoms with van der Waals surface area (Å²) >= 11 is 12.4. The molecule has 0 fully saturated rings. The lowest BCUT2D eigenvalue weighted by Gasteiger charge is -2.14. The van der Waals surface area contributed by atoms with Gasteiger partial charge in [-0.15, -0.1) is 0 Å². The number of halogens is 2. The van der Waals surface area contributed by atoms with Gasteiger partial charge in [-0.2, -0.15) is 0 Å². The number of carboxylic acid groups (broad SMARTS) is 1. The summed E-state index contributed by atoms with van der Waals surface area (Å²) in [6, 6.07) is 6.27. The second-order valence-corrected chi connectivity index (χ2v) is 9.98.